The van der Waals surface area contributed by atoms with Gasteiger partial charge in [0.1, 0.15) is 0 Å². The molecule has 0 fully saturated rings. The van der Waals surface area contributed by atoms with E-state index in [4.69, 9.17) is 0 Å². The molecule has 0 saturated heterocycles. The van der Waals surface area contributed by atoms with Crippen LogP contribution in [0.4, 0.5) is 0 Å². The van der Waals surface area contributed by atoms with Crippen molar-refractivity contribution >= 4 is 32.3 Å². The molecule has 0 saturated carbocycles. The monoisotopic (exact) mass is 688 g/mol. The van der Waals surface area contributed by atoms with Gasteiger partial charge in [0.2, 0.25) is 0 Å². The van der Waals surface area contributed by atoms with E-state index in [1.807, 2.05) is 0 Å². The van der Waals surface area contributed by atoms with Crippen LogP contribution in [-0.2, 0) is 10.8 Å². The average molecular weight is 689 g/mol. The SMILES string of the molecule is CC1(C)c2ccccc2-c2cc3c(cc21)C(C)(C)c1ccc(-c2cc(-c4c5ccccc5c(-c5ccccc5)c5ccccc45)c4ccccc4c2)cc1-3. The van der Waals surface area contributed by atoms with Gasteiger partial charge in [-0.25, -0.2) is 0 Å². The summed E-state index contributed by atoms with van der Waals surface area (Å²) in [6, 6.07) is 63.9. The first-order valence-corrected chi connectivity index (χ1v) is 19.3. The van der Waals surface area contributed by atoms with Gasteiger partial charge in [-0.15, -0.1) is 0 Å². The molecule has 2 aliphatic rings. The molecule has 0 bridgehead atoms. The number of rotatable bonds is 3. The molecule has 11 rings (SSSR count). The molecular weight excluding hydrogens is 649 g/mol. The van der Waals surface area contributed by atoms with Crippen LogP contribution in [0.15, 0.2) is 170 Å². The minimum atomic E-state index is -0.0873. The van der Waals surface area contributed by atoms with Gasteiger partial charge in [-0.3, -0.25) is 0 Å². The molecule has 0 unspecified atom stereocenters. The Kier molecular flexibility index (Phi) is 6.46. The third-order valence-electron chi connectivity index (χ3n) is 12.8. The van der Waals surface area contributed by atoms with E-state index in [1.165, 1.54) is 110 Å². The second-order valence-corrected chi connectivity index (χ2v) is 16.5. The summed E-state index contributed by atoms with van der Waals surface area (Å²) in [5.74, 6) is 0. The summed E-state index contributed by atoms with van der Waals surface area (Å²) < 4.78 is 0. The van der Waals surface area contributed by atoms with Crippen molar-refractivity contribution in [3.8, 4) is 55.6 Å². The normalized spacial score (nSPS) is 14.6. The van der Waals surface area contributed by atoms with Gasteiger partial charge >= 0.3 is 0 Å². The zero-order chi connectivity index (χ0) is 36.3. The molecule has 2 aliphatic carbocycles. The molecule has 0 atom stereocenters. The van der Waals surface area contributed by atoms with Crippen molar-refractivity contribution in [1.82, 2.24) is 0 Å². The maximum atomic E-state index is 2.54. The summed E-state index contributed by atoms with van der Waals surface area (Å²) in [5, 5.41) is 7.64. The topological polar surface area (TPSA) is 0 Å². The van der Waals surface area contributed by atoms with E-state index in [0.717, 1.165) is 0 Å². The molecule has 9 aromatic rings. The lowest BCUT2D eigenvalue weighted by Gasteiger charge is -2.25. The largest absolute Gasteiger partial charge is 0.0622 e. The predicted molar refractivity (Wildman–Crippen MR) is 230 cm³/mol. The highest BCUT2D eigenvalue weighted by Gasteiger charge is 2.41. The summed E-state index contributed by atoms with van der Waals surface area (Å²) in [7, 11) is 0. The molecule has 0 amide bonds. The van der Waals surface area contributed by atoms with Crippen LogP contribution >= 0.6 is 0 Å². The molecule has 0 radical (unpaired) electrons. The first-order chi connectivity index (χ1) is 26.3. The van der Waals surface area contributed by atoms with Crippen LogP contribution in [0.1, 0.15) is 49.9 Å². The molecule has 0 nitrogen and oxygen atoms in total. The molecule has 9 aromatic carbocycles. The molecule has 54 heavy (non-hydrogen) atoms. The summed E-state index contributed by atoms with van der Waals surface area (Å²) in [6.07, 6.45) is 0. The average Bonchev–Trinajstić information content (AvgIpc) is 3.57. The van der Waals surface area contributed by atoms with Gasteiger partial charge in [-0.05, 0) is 134 Å². The van der Waals surface area contributed by atoms with E-state index >= 15 is 0 Å². The van der Waals surface area contributed by atoms with Crippen molar-refractivity contribution in [3.63, 3.8) is 0 Å². The van der Waals surface area contributed by atoms with E-state index in [-0.39, 0.29) is 10.8 Å². The third-order valence-corrected chi connectivity index (χ3v) is 12.8. The summed E-state index contributed by atoms with van der Waals surface area (Å²) in [6.45, 7) is 9.58. The van der Waals surface area contributed by atoms with Gasteiger partial charge in [0, 0.05) is 10.8 Å². The fourth-order valence-corrected chi connectivity index (χ4v) is 10.1. The van der Waals surface area contributed by atoms with Crippen LogP contribution in [0.2, 0.25) is 0 Å². The van der Waals surface area contributed by atoms with Gasteiger partial charge in [0.15, 0.2) is 0 Å². The Balaban J connectivity index is 1.16. The van der Waals surface area contributed by atoms with Crippen molar-refractivity contribution in [2.45, 2.75) is 38.5 Å². The summed E-state index contributed by atoms with van der Waals surface area (Å²) in [5.41, 5.74) is 18.7. The maximum Gasteiger partial charge on any atom is 0.0158 e. The quantitative estimate of drug-likeness (QED) is 0.162. The summed E-state index contributed by atoms with van der Waals surface area (Å²) >= 11 is 0. The number of hydrogen-bond acceptors (Lipinski definition) is 0. The number of benzene rings is 9. The van der Waals surface area contributed by atoms with Gasteiger partial charge < -0.3 is 0 Å². The van der Waals surface area contributed by atoms with Crippen molar-refractivity contribution in [2.24, 2.45) is 0 Å². The van der Waals surface area contributed by atoms with Crippen LogP contribution < -0.4 is 0 Å². The van der Waals surface area contributed by atoms with Gasteiger partial charge in [0.25, 0.3) is 0 Å². The Morgan fingerprint density at radius 1 is 0.278 bits per heavy atom. The van der Waals surface area contributed by atoms with E-state index in [9.17, 15) is 0 Å². The fourth-order valence-electron chi connectivity index (χ4n) is 10.1. The van der Waals surface area contributed by atoms with Crippen LogP contribution in [0, 0.1) is 0 Å². The molecule has 0 spiro atoms. The van der Waals surface area contributed by atoms with Crippen LogP contribution in [0.5, 0.6) is 0 Å². The lowest BCUT2D eigenvalue weighted by atomic mass is 9.77. The third kappa shape index (κ3) is 4.26. The van der Waals surface area contributed by atoms with E-state index in [1.54, 1.807) is 0 Å². The second kappa shape index (κ2) is 11.1. The van der Waals surface area contributed by atoms with Crippen LogP contribution in [-0.4, -0.2) is 0 Å². The zero-order valence-electron chi connectivity index (χ0n) is 31.2. The number of hydrogen-bond donors (Lipinski definition) is 0. The molecule has 0 heteroatoms. The first kappa shape index (κ1) is 31.3. The van der Waals surface area contributed by atoms with Crippen LogP contribution in [0.25, 0.3) is 88.0 Å². The Morgan fingerprint density at radius 3 is 1.46 bits per heavy atom. The highest BCUT2D eigenvalue weighted by molar-refractivity contribution is 6.23. The smallest absolute Gasteiger partial charge is 0.0158 e. The standard InChI is InChI=1S/C54H40/c1-53(2)47-25-15-14-20-38(47)44-31-45-43-29-34(26-27-48(43)54(3,4)50(45)32-49(44)53)36-28-35-18-8-9-19-37(35)46(30-36)52-41-23-12-10-21-39(41)51(33-16-6-5-7-17-33)40-22-11-13-24-42(40)52/h5-32H,1-4H3. The Hall–Kier alpha value is -6.24. The van der Waals surface area contributed by atoms with Gasteiger partial charge in [0.05, 0.1) is 0 Å². The Bertz CT molecular complexity index is 2970. The van der Waals surface area contributed by atoms with Gasteiger partial charge in [-0.1, -0.05) is 173 Å². The minimum absolute atomic E-state index is 0.0217. The van der Waals surface area contributed by atoms with E-state index in [2.05, 4.69) is 198 Å². The Morgan fingerprint density at radius 2 is 0.778 bits per heavy atom. The predicted octanol–water partition coefficient (Wildman–Crippen LogP) is 14.8. The zero-order valence-corrected chi connectivity index (χ0v) is 31.2. The molecule has 0 aliphatic heterocycles. The minimum Gasteiger partial charge on any atom is -0.0622 e. The van der Waals surface area contributed by atoms with Crippen molar-refractivity contribution in [3.05, 3.63) is 192 Å². The van der Waals surface area contributed by atoms with Crippen molar-refractivity contribution in [2.75, 3.05) is 0 Å². The fraction of sp³-hybridized carbons (Fsp3) is 0.111. The van der Waals surface area contributed by atoms with Gasteiger partial charge in [-0.2, -0.15) is 0 Å². The lowest BCUT2D eigenvalue weighted by molar-refractivity contribution is 0.639. The van der Waals surface area contributed by atoms with E-state index < -0.39 is 0 Å². The van der Waals surface area contributed by atoms with E-state index in [0.29, 0.717) is 0 Å². The highest BCUT2D eigenvalue weighted by atomic mass is 14.4. The molecule has 0 N–H and O–H groups in total. The molecule has 0 aromatic heterocycles. The molecular formula is C54H40. The van der Waals surface area contributed by atoms with Crippen LogP contribution in [0.3, 0.4) is 0 Å². The van der Waals surface area contributed by atoms with Crippen molar-refractivity contribution < 1.29 is 0 Å². The Labute approximate surface area is 317 Å². The highest BCUT2D eigenvalue weighted by Crippen LogP contribution is 2.56. The first-order valence-electron chi connectivity index (χ1n) is 19.3. The lowest BCUT2D eigenvalue weighted by Crippen LogP contribution is -2.18. The second-order valence-electron chi connectivity index (χ2n) is 16.5. The maximum absolute atomic E-state index is 2.54. The number of fused-ring (bicyclic) bond motifs is 9. The van der Waals surface area contributed by atoms with Crippen molar-refractivity contribution in [1.29, 1.82) is 0 Å². The molecule has 0 heterocycles. The molecule has 256 valence electrons. The summed E-state index contributed by atoms with van der Waals surface area (Å²) in [4.78, 5) is 0.